The van der Waals surface area contributed by atoms with Gasteiger partial charge in [-0.2, -0.15) is 5.10 Å². The van der Waals surface area contributed by atoms with E-state index in [9.17, 15) is 9.18 Å². The van der Waals surface area contributed by atoms with Gasteiger partial charge in [0.2, 0.25) is 0 Å². The van der Waals surface area contributed by atoms with Gasteiger partial charge in [-0.3, -0.25) is 4.79 Å². The molecule has 0 saturated heterocycles. The van der Waals surface area contributed by atoms with Gasteiger partial charge in [0.1, 0.15) is 5.82 Å². The van der Waals surface area contributed by atoms with E-state index in [2.05, 4.69) is 35.2 Å². The molecular weight excluding hydrogens is 343 g/mol. The zero-order chi connectivity index (χ0) is 19.4. The average molecular weight is 366 g/mol. The molecule has 0 fully saturated rings. The average Bonchev–Trinajstić information content (AvgIpc) is 3.16. The molecule has 0 radical (unpaired) electrons. The first-order chi connectivity index (χ1) is 13.0. The number of nitrogens with one attached hydrogen (secondary N) is 1. The number of carbonyl (C=O) groups excluding carboxylic acids is 1. The van der Waals surface area contributed by atoms with E-state index in [0.29, 0.717) is 11.3 Å². The van der Waals surface area contributed by atoms with Crippen molar-refractivity contribution in [3.8, 4) is 5.69 Å². The molecule has 0 aliphatic carbocycles. The summed E-state index contributed by atoms with van der Waals surface area (Å²) in [4.78, 5) is 14.8. The first-order valence-corrected chi connectivity index (χ1v) is 8.99. The van der Waals surface area contributed by atoms with Crippen molar-refractivity contribution in [2.24, 2.45) is 0 Å². The monoisotopic (exact) mass is 366 g/mol. The third-order valence-corrected chi connectivity index (χ3v) is 4.52. The van der Waals surface area contributed by atoms with Gasteiger partial charge >= 0.3 is 0 Å². The van der Waals surface area contributed by atoms with Crippen LogP contribution in [-0.4, -0.2) is 28.8 Å². The molecule has 1 heterocycles. The summed E-state index contributed by atoms with van der Waals surface area (Å²) in [6.45, 7) is 8.08. The minimum Gasteiger partial charge on any atom is -0.372 e. The number of amides is 1. The van der Waals surface area contributed by atoms with E-state index in [0.717, 1.165) is 30.0 Å². The number of benzene rings is 2. The van der Waals surface area contributed by atoms with Crippen molar-refractivity contribution in [3.63, 3.8) is 0 Å². The lowest BCUT2D eigenvalue weighted by molar-refractivity contribution is 0.102. The van der Waals surface area contributed by atoms with Crippen LogP contribution in [0.3, 0.4) is 0 Å². The molecule has 6 heteroatoms. The van der Waals surface area contributed by atoms with Gasteiger partial charge in [-0.05, 0) is 68.8 Å². The van der Waals surface area contributed by atoms with Crippen LogP contribution in [0.5, 0.6) is 0 Å². The van der Waals surface area contributed by atoms with Crippen molar-refractivity contribution in [2.75, 3.05) is 23.3 Å². The van der Waals surface area contributed by atoms with E-state index in [1.165, 1.54) is 18.3 Å². The molecule has 3 rings (SSSR count). The Balaban J connectivity index is 1.75. The summed E-state index contributed by atoms with van der Waals surface area (Å²) in [6.07, 6.45) is 3.13. The first kappa shape index (κ1) is 18.6. The van der Waals surface area contributed by atoms with Crippen molar-refractivity contribution in [1.29, 1.82) is 0 Å². The van der Waals surface area contributed by atoms with Crippen LogP contribution in [0.4, 0.5) is 15.8 Å². The lowest BCUT2D eigenvalue weighted by atomic mass is 10.1. The quantitative estimate of drug-likeness (QED) is 0.703. The molecular formula is C21H23FN4O. The molecule has 140 valence electrons. The summed E-state index contributed by atoms with van der Waals surface area (Å²) in [6, 6.07) is 11.9. The lowest BCUT2D eigenvalue weighted by Crippen LogP contribution is -2.22. The van der Waals surface area contributed by atoms with Crippen LogP contribution < -0.4 is 10.2 Å². The van der Waals surface area contributed by atoms with Crippen molar-refractivity contribution in [1.82, 2.24) is 9.78 Å². The van der Waals surface area contributed by atoms with E-state index in [4.69, 9.17) is 0 Å². The molecule has 5 nitrogen and oxygen atoms in total. The van der Waals surface area contributed by atoms with Crippen LogP contribution in [0.15, 0.2) is 54.9 Å². The van der Waals surface area contributed by atoms with E-state index in [-0.39, 0.29) is 11.7 Å². The fourth-order valence-electron chi connectivity index (χ4n) is 2.94. The number of aromatic nitrogens is 2. The number of hydrogen-bond donors (Lipinski definition) is 1. The smallest absolute Gasteiger partial charge is 0.258 e. The highest BCUT2D eigenvalue weighted by atomic mass is 19.1. The van der Waals surface area contributed by atoms with Crippen LogP contribution in [0.25, 0.3) is 5.69 Å². The zero-order valence-electron chi connectivity index (χ0n) is 15.7. The van der Waals surface area contributed by atoms with Gasteiger partial charge in [-0.25, -0.2) is 9.07 Å². The first-order valence-electron chi connectivity index (χ1n) is 8.99. The van der Waals surface area contributed by atoms with Crippen molar-refractivity contribution in [2.45, 2.75) is 20.8 Å². The largest absolute Gasteiger partial charge is 0.372 e. The standard InChI is InChI=1S/C21H23FN4O/c1-4-25(5-2)19-10-11-20(15(3)12-19)24-21(27)16-13-23-26(14-16)18-8-6-17(22)7-9-18/h6-14H,4-5H2,1-3H3,(H,24,27). The number of anilines is 2. The Morgan fingerprint density at radius 2 is 1.85 bits per heavy atom. The third-order valence-electron chi connectivity index (χ3n) is 4.52. The second-order valence-corrected chi connectivity index (χ2v) is 6.28. The Morgan fingerprint density at radius 1 is 1.15 bits per heavy atom. The second kappa shape index (κ2) is 8.03. The van der Waals surface area contributed by atoms with Crippen LogP contribution >= 0.6 is 0 Å². The predicted molar refractivity (Wildman–Crippen MR) is 106 cm³/mol. The van der Waals surface area contributed by atoms with Gasteiger partial charge in [0.05, 0.1) is 17.4 Å². The fourth-order valence-corrected chi connectivity index (χ4v) is 2.94. The topological polar surface area (TPSA) is 50.2 Å². The maximum atomic E-state index is 13.0. The van der Waals surface area contributed by atoms with Gasteiger partial charge in [-0.1, -0.05) is 0 Å². The predicted octanol–water partition coefficient (Wildman–Crippen LogP) is 4.42. The lowest BCUT2D eigenvalue weighted by Gasteiger charge is -2.22. The summed E-state index contributed by atoms with van der Waals surface area (Å²) in [5.74, 6) is -0.547. The zero-order valence-corrected chi connectivity index (χ0v) is 15.7. The van der Waals surface area contributed by atoms with Gasteiger partial charge in [0.15, 0.2) is 0 Å². The van der Waals surface area contributed by atoms with Gasteiger partial charge in [0.25, 0.3) is 5.91 Å². The number of aryl methyl sites for hydroxylation is 1. The highest BCUT2D eigenvalue weighted by Crippen LogP contribution is 2.23. The SMILES string of the molecule is CCN(CC)c1ccc(NC(=O)c2cnn(-c3ccc(F)cc3)c2)c(C)c1. The normalized spacial score (nSPS) is 10.7. The Bertz CT molecular complexity index is 930. The Kier molecular flexibility index (Phi) is 5.54. The van der Waals surface area contributed by atoms with E-state index in [1.54, 1.807) is 23.0 Å². The third kappa shape index (κ3) is 4.16. The van der Waals surface area contributed by atoms with Gasteiger partial charge in [0, 0.05) is 30.7 Å². The fraction of sp³-hybridized carbons (Fsp3) is 0.238. The molecule has 2 aromatic carbocycles. The molecule has 1 N–H and O–H groups in total. The van der Waals surface area contributed by atoms with Gasteiger partial charge < -0.3 is 10.2 Å². The van der Waals surface area contributed by atoms with Crippen molar-refractivity contribution < 1.29 is 9.18 Å². The number of hydrogen-bond acceptors (Lipinski definition) is 3. The summed E-state index contributed by atoms with van der Waals surface area (Å²) in [7, 11) is 0. The summed E-state index contributed by atoms with van der Waals surface area (Å²) in [5.41, 5.74) is 4.03. The molecule has 1 aromatic heterocycles. The molecule has 1 amide bonds. The maximum Gasteiger partial charge on any atom is 0.258 e. The molecule has 0 bridgehead atoms. The maximum absolute atomic E-state index is 13.0. The van der Waals surface area contributed by atoms with Crippen molar-refractivity contribution in [3.05, 3.63) is 71.8 Å². The minimum atomic E-state index is -0.312. The second-order valence-electron chi connectivity index (χ2n) is 6.28. The summed E-state index contributed by atoms with van der Waals surface area (Å²) < 4.78 is 14.6. The molecule has 27 heavy (non-hydrogen) atoms. The van der Waals surface area contributed by atoms with Crippen LogP contribution in [0.1, 0.15) is 29.8 Å². The summed E-state index contributed by atoms with van der Waals surface area (Å²) >= 11 is 0. The Labute approximate surface area is 158 Å². The van der Waals surface area contributed by atoms with Crippen molar-refractivity contribution >= 4 is 17.3 Å². The van der Waals surface area contributed by atoms with Crippen LogP contribution in [0.2, 0.25) is 0 Å². The number of nitrogens with zero attached hydrogens (tertiary/aromatic N) is 3. The Hall–Kier alpha value is -3.15. The molecule has 0 atom stereocenters. The van der Waals surface area contributed by atoms with Crippen LogP contribution in [0, 0.1) is 12.7 Å². The highest BCUT2D eigenvalue weighted by Gasteiger charge is 2.12. The molecule has 3 aromatic rings. The molecule has 0 unspecified atom stereocenters. The minimum absolute atomic E-state index is 0.234. The number of halogens is 1. The van der Waals surface area contributed by atoms with Crippen LogP contribution in [-0.2, 0) is 0 Å². The molecule has 0 spiro atoms. The molecule has 0 saturated carbocycles. The number of carbonyl (C=O) groups is 1. The van der Waals surface area contributed by atoms with E-state index >= 15 is 0 Å². The van der Waals surface area contributed by atoms with E-state index < -0.39 is 0 Å². The molecule has 0 aliphatic heterocycles. The number of rotatable bonds is 6. The summed E-state index contributed by atoms with van der Waals surface area (Å²) in [5, 5.41) is 7.12. The molecule has 0 aliphatic rings. The van der Waals surface area contributed by atoms with E-state index in [1.807, 2.05) is 19.1 Å². The van der Waals surface area contributed by atoms with Gasteiger partial charge in [-0.15, -0.1) is 0 Å². The Morgan fingerprint density at radius 3 is 2.48 bits per heavy atom. The highest BCUT2D eigenvalue weighted by molar-refractivity contribution is 6.04.